The molecule has 0 saturated heterocycles. The molecule has 130 valence electrons. The van der Waals surface area contributed by atoms with Gasteiger partial charge in [0.25, 0.3) is 0 Å². The fourth-order valence-corrected chi connectivity index (χ4v) is 4.60. The van der Waals surface area contributed by atoms with Crippen LogP contribution in [0.25, 0.3) is 0 Å². The van der Waals surface area contributed by atoms with Crippen LogP contribution in [0.15, 0.2) is 48.5 Å². The molecule has 0 spiro atoms. The van der Waals surface area contributed by atoms with Crippen molar-refractivity contribution >= 4 is 41.6 Å². The summed E-state index contributed by atoms with van der Waals surface area (Å²) >= 11 is 8.23. The minimum Gasteiger partial charge on any atom is -0.391 e. The van der Waals surface area contributed by atoms with Gasteiger partial charge < -0.3 is 15.3 Å². The van der Waals surface area contributed by atoms with Gasteiger partial charge in [0, 0.05) is 22.8 Å². The van der Waals surface area contributed by atoms with Gasteiger partial charge in [-0.3, -0.25) is 4.57 Å². The summed E-state index contributed by atoms with van der Waals surface area (Å²) in [5.41, 5.74) is 1.81. The Morgan fingerprint density at radius 3 is 2.54 bits per heavy atom. The predicted molar refractivity (Wildman–Crippen MR) is 107 cm³/mol. The van der Waals surface area contributed by atoms with E-state index in [2.05, 4.69) is 27.9 Å². The fourth-order valence-electron chi connectivity index (χ4n) is 2.36. The molecule has 24 heavy (non-hydrogen) atoms. The molecule has 0 radical (unpaired) electrons. The maximum absolute atomic E-state index is 12.3. The van der Waals surface area contributed by atoms with Crippen LogP contribution < -0.4 is 5.32 Å². The molecule has 0 saturated carbocycles. The summed E-state index contributed by atoms with van der Waals surface area (Å²) < 4.78 is 13.2. The van der Waals surface area contributed by atoms with Gasteiger partial charge in [0.15, 0.2) is 0 Å². The standard InChI is InChI=1S/C17H20ClINO3P/c18-16-8-14(6-7-17(16)19)9-20-10-15(21)12-24(22,23)11-13-4-2-1-3-5-13/h1-8,15,20-21H,9-12H2,(H,22,23). The third kappa shape index (κ3) is 6.82. The first kappa shape index (κ1) is 19.9. The monoisotopic (exact) mass is 479 g/mol. The van der Waals surface area contributed by atoms with Crippen molar-refractivity contribution in [1.29, 1.82) is 0 Å². The molecule has 7 heteroatoms. The number of hydrogen-bond donors (Lipinski definition) is 3. The van der Waals surface area contributed by atoms with E-state index in [0.717, 1.165) is 14.7 Å². The van der Waals surface area contributed by atoms with Crippen molar-refractivity contribution in [3.8, 4) is 0 Å². The van der Waals surface area contributed by atoms with Gasteiger partial charge in [0.05, 0.1) is 17.3 Å². The van der Waals surface area contributed by atoms with E-state index in [9.17, 15) is 14.6 Å². The Kier molecular flexibility index (Phi) is 7.72. The lowest BCUT2D eigenvalue weighted by atomic mass is 10.2. The zero-order valence-corrected chi connectivity index (χ0v) is 16.8. The lowest BCUT2D eigenvalue weighted by molar-refractivity contribution is 0.190. The Morgan fingerprint density at radius 1 is 1.17 bits per heavy atom. The lowest BCUT2D eigenvalue weighted by Crippen LogP contribution is -2.29. The van der Waals surface area contributed by atoms with E-state index in [4.69, 9.17) is 11.6 Å². The summed E-state index contributed by atoms with van der Waals surface area (Å²) in [5.74, 6) is 0. The van der Waals surface area contributed by atoms with Crippen LogP contribution in [0.2, 0.25) is 5.02 Å². The second-order valence-electron chi connectivity index (χ2n) is 5.71. The highest BCUT2D eigenvalue weighted by Gasteiger charge is 2.23. The minimum absolute atomic E-state index is 0.0810. The quantitative estimate of drug-likeness (QED) is 0.397. The number of halogens is 2. The van der Waals surface area contributed by atoms with Gasteiger partial charge in [-0.2, -0.15) is 0 Å². The van der Waals surface area contributed by atoms with Gasteiger partial charge in [0.1, 0.15) is 0 Å². The van der Waals surface area contributed by atoms with Gasteiger partial charge in [-0.25, -0.2) is 0 Å². The molecule has 0 aliphatic heterocycles. The maximum atomic E-state index is 12.3. The largest absolute Gasteiger partial charge is 0.391 e. The van der Waals surface area contributed by atoms with Gasteiger partial charge in [-0.15, -0.1) is 0 Å². The molecule has 4 nitrogen and oxygen atoms in total. The first-order valence-electron chi connectivity index (χ1n) is 7.53. The average molecular weight is 480 g/mol. The Bertz CT molecular complexity index is 714. The average Bonchev–Trinajstić information content (AvgIpc) is 2.50. The molecule has 0 aromatic heterocycles. The van der Waals surface area contributed by atoms with Crippen molar-refractivity contribution in [1.82, 2.24) is 5.32 Å². The topological polar surface area (TPSA) is 69.6 Å². The Labute approximate surface area is 160 Å². The zero-order chi connectivity index (χ0) is 17.6. The van der Waals surface area contributed by atoms with Crippen molar-refractivity contribution in [3.63, 3.8) is 0 Å². The Morgan fingerprint density at radius 2 is 1.88 bits per heavy atom. The molecule has 0 aliphatic carbocycles. The van der Waals surface area contributed by atoms with Crippen LogP contribution in [0.1, 0.15) is 11.1 Å². The molecular weight excluding hydrogens is 460 g/mol. The van der Waals surface area contributed by atoms with Gasteiger partial charge in [-0.1, -0.05) is 48.0 Å². The van der Waals surface area contributed by atoms with Crippen molar-refractivity contribution in [3.05, 3.63) is 68.3 Å². The second kappa shape index (κ2) is 9.32. The number of nitrogens with one attached hydrogen (secondary N) is 1. The van der Waals surface area contributed by atoms with Gasteiger partial charge in [0.2, 0.25) is 7.37 Å². The van der Waals surface area contributed by atoms with Crippen LogP contribution >= 0.6 is 41.6 Å². The maximum Gasteiger partial charge on any atom is 0.207 e. The van der Waals surface area contributed by atoms with Crippen LogP contribution in [0.4, 0.5) is 0 Å². The van der Waals surface area contributed by atoms with E-state index in [0.29, 0.717) is 11.6 Å². The molecule has 2 atom stereocenters. The molecule has 2 rings (SSSR count). The second-order valence-corrected chi connectivity index (χ2v) is 9.65. The third-order valence-corrected chi connectivity index (χ3v) is 6.89. The normalized spacial score (nSPS) is 15.0. The highest BCUT2D eigenvalue weighted by Crippen LogP contribution is 2.44. The minimum atomic E-state index is -3.41. The fraction of sp³-hybridized carbons (Fsp3) is 0.294. The summed E-state index contributed by atoms with van der Waals surface area (Å²) in [6.07, 6.45) is -0.913. The van der Waals surface area contributed by atoms with E-state index in [1.165, 1.54) is 0 Å². The summed E-state index contributed by atoms with van der Waals surface area (Å²) in [6.45, 7) is 0.797. The molecule has 0 fully saturated rings. The first-order valence-corrected chi connectivity index (χ1v) is 11.0. The lowest BCUT2D eigenvalue weighted by Gasteiger charge is -2.17. The zero-order valence-electron chi connectivity index (χ0n) is 13.0. The molecule has 2 aromatic rings. The van der Waals surface area contributed by atoms with Crippen LogP contribution in [0.3, 0.4) is 0 Å². The third-order valence-electron chi connectivity index (χ3n) is 3.46. The smallest absolute Gasteiger partial charge is 0.207 e. The van der Waals surface area contributed by atoms with E-state index in [1.54, 1.807) is 0 Å². The van der Waals surface area contributed by atoms with Crippen molar-refractivity contribution in [2.45, 2.75) is 18.8 Å². The highest BCUT2D eigenvalue weighted by molar-refractivity contribution is 14.1. The summed E-state index contributed by atoms with van der Waals surface area (Å²) in [7, 11) is -3.41. The molecule has 2 unspecified atom stereocenters. The molecule has 0 aliphatic rings. The van der Waals surface area contributed by atoms with Crippen molar-refractivity contribution < 1.29 is 14.6 Å². The van der Waals surface area contributed by atoms with E-state index < -0.39 is 13.5 Å². The van der Waals surface area contributed by atoms with Crippen molar-refractivity contribution in [2.75, 3.05) is 12.7 Å². The SMILES string of the molecule is O=P(O)(Cc1ccccc1)CC(O)CNCc1ccc(I)c(Cl)c1. The van der Waals surface area contributed by atoms with Crippen molar-refractivity contribution in [2.24, 2.45) is 0 Å². The van der Waals surface area contributed by atoms with Gasteiger partial charge >= 0.3 is 0 Å². The number of aliphatic hydroxyl groups is 1. The van der Waals surface area contributed by atoms with E-state index in [-0.39, 0.29) is 18.9 Å². The highest BCUT2D eigenvalue weighted by atomic mass is 127. The van der Waals surface area contributed by atoms with Crippen LogP contribution in [0, 0.1) is 3.57 Å². The first-order chi connectivity index (χ1) is 11.4. The van der Waals surface area contributed by atoms with Crippen LogP contribution in [-0.2, 0) is 17.3 Å². The molecule has 0 heterocycles. The molecule has 3 N–H and O–H groups in total. The van der Waals surface area contributed by atoms with Gasteiger partial charge in [-0.05, 0) is 45.9 Å². The summed E-state index contributed by atoms with van der Waals surface area (Å²) in [6, 6.07) is 14.9. The number of hydrogen-bond acceptors (Lipinski definition) is 3. The number of rotatable bonds is 8. The van der Waals surface area contributed by atoms with Crippen LogP contribution in [-0.4, -0.2) is 28.8 Å². The number of aliphatic hydroxyl groups excluding tert-OH is 1. The molecule has 0 amide bonds. The van der Waals surface area contributed by atoms with E-state index >= 15 is 0 Å². The Balaban J connectivity index is 1.78. The molecular formula is C17H20ClINO3P. The summed E-state index contributed by atoms with van der Waals surface area (Å²) in [4.78, 5) is 10.1. The Hall–Kier alpha value is -0.430. The molecule has 0 bridgehead atoms. The summed E-state index contributed by atoms with van der Waals surface area (Å²) in [5, 5.41) is 13.8. The van der Waals surface area contributed by atoms with Crippen LogP contribution in [0.5, 0.6) is 0 Å². The molecule has 2 aromatic carbocycles. The predicted octanol–water partition coefficient (Wildman–Crippen LogP) is 3.87. The number of benzene rings is 2. The van der Waals surface area contributed by atoms with E-state index in [1.807, 2.05) is 48.5 Å².